The fourth-order valence-corrected chi connectivity index (χ4v) is 5.52. The van der Waals surface area contributed by atoms with E-state index in [1.807, 2.05) is 81.9 Å². The quantitative estimate of drug-likeness (QED) is 0.460. The van der Waals surface area contributed by atoms with Crippen molar-refractivity contribution >= 4 is 11.8 Å². The number of aliphatic hydroxyl groups excluding tert-OH is 1. The number of hydrogen-bond acceptors (Lipinski definition) is 6. The summed E-state index contributed by atoms with van der Waals surface area (Å²) in [5, 5.41) is 26.8. The maximum Gasteiger partial charge on any atom is 0.248 e. The van der Waals surface area contributed by atoms with Gasteiger partial charge in [0.25, 0.3) is 0 Å². The molecular formula is C29H39N7O3. The van der Waals surface area contributed by atoms with Crippen LogP contribution in [0.4, 0.5) is 0 Å². The smallest absolute Gasteiger partial charge is 0.248 e. The Morgan fingerprint density at radius 2 is 1.90 bits per heavy atom. The molecule has 0 bridgehead atoms. The zero-order valence-corrected chi connectivity index (χ0v) is 23.4. The van der Waals surface area contributed by atoms with Gasteiger partial charge in [-0.1, -0.05) is 44.2 Å². The van der Waals surface area contributed by atoms with Crippen LogP contribution in [0.5, 0.6) is 0 Å². The van der Waals surface area contributed by atoms with Gasteiger partial charge >= 0.3 is 0 Å². The zero-order chi connectivity index (χ0) is 27.9. The average Bonchev–Trinajstić information content (AvgIpc) is 3.29. The van der Waals surface area contributed by atoms with Crippen molar-refractivity contribution in [2.45, 2.75) is 90.4 Å². The lowest BCUT2D eigenvalue weighted by atomic mass is 9.85. The molecule has 2 aliphatic rings. The SMILES string of the molecule is Cc1cc(CC(C)NC(=O)C2CC(O)CN2C(=O)[C@@H](n2cc(C3CC3)nn2)C(C)(C)C)n(-c2ccccc2)n1. The van der Waals surface area contributed by atoms with E-state index in [0.29, 0.717) is 12.3 Å². The van der Waals surface area contributed by atoms with E-state index in [1.165, 1.54) is 4.90 Å². The lowest BCUT2D eigenvalue weighted by Gasteiger charge is -2.34. The van der Waals surface area contributed by atoms with Crippen LogP contribution in [0.1, 0.15) is 76.0 Å². The van der Waals surface area contributed by atoms with Crippen molar-refractivity contribution in [1.29, 1.82) is 0 Å². The standard InChI is InChI=1S/C29H39N7O3/c1-18(13-22-14-19(2)32-36(22)21-9-7-6-8-10-21)30-27(38)25-15-23(37)16-34(25)28(39)26(29(3,4)5)35-17-24(31-33-35)20-11-12-20/h6-10,14,17-18,20,23,25-26,37H,11-13,15-16H2,1-5H3,(H,30,38)/t18?,23?,25?,26-/m1/s1. The molecule has 10 heteroatoms. The van der Waals surface area contributed by atoms with Gasteiger partial charge in [-0.25, -0.2) is 9.36 Å². The van der Waals surface area contributed by atoms with Crippen LogP contribution in [0.2, 0.25) is 0 Å². The van der Waals surface area contributed by atoms with Crippen molar-refractivity contribution < 1.29 is 14.7 Å². The molecule has 1 aromatic carbocycles. The summed E-state index contributed by atoms with van der Waals surface area (Å²) in [6.45, 7) is 9.95. The second-order valence-corrected chi connectivity index (χ2v) is 12.2. The summed E-state index contributed by atoms with van der Waals surface area (Å²) in [7, 11) is 0. The Balaban J connectivity index is 1.31. The summed E-state index contributed by atoms with van der Waals surface area (Å²) in [6, 6.07) is 10.3. The minimum Gasteiger partial charge on any atom is -0.391 e. The second-order valence-electron chi connectivity index (χ2n) is 12.2. The monoisotopic (exact) mass is 533 g/mol. The molecule has 0 spiro atoms. The number of hydrogen-bond donors (Lipinski definition) is 2. The Morgan fingerprint density at radius 3 is 2.56 bits per heavy atom. The number of likely N-dealkylation sites (tertiary alicyclic amines) is 1. The van der Waals surface area contributed by atoms with Gasteiger partial charge in [0.2, 0.25) is 11.8 Å². The maximum atomic E-state index is 14.0. The molecule has 1 saturated carbocycles. The molecular weight excluding hydrogens is 494 g/mol. The van der Waals surface area contributed by atoms with E-state index in [0.717, 1.165) is 35.6 Å². The third-order valence-electron chi connectivity index (χ3n) is 7.52. The highest BCUT2D eigenvalue weighted by Gasteiger charge is 2.45. The molecule has 2 amide bonds. The normalized spacial score (nSPS) is 21.1. The molecule has 5 rings (SSSR count). The molecule has 2 N–H and O–H groups in total. The Kier molecular flexibility index (Phi) is 7.33. The highest BCUT2D eigenvalue weighted by Crippen LogP contribution is 2.40. The fraction of sp³-hybridized carbons (Fsp3) is 0.552. The van der Waals surface area contributed by atoms with Crippen molar-refractivity contribution in [3.63, 3.8) is 0 Å². The molecule has 2 aromatic heterocycles. The van der Waals surface area contributed by atoms with Gasteiger partial charge in [0.1, 0.15) is 12.1 Å². The molecule has 3 heterocycles. The summed E-state index contributed by atoms with van der Waals surface area (Å²) in [5.41, 5.74) is 3.28. The van der Waals surface area contributed by atoms with Crippen LogP contribution in [0.15, 0.2) is 42.6 Å². The number of benzene rings is 1. The van der Waals surface area contributed by atoms with Crippen molar-refractivity contribution in [2.24, 2.45) is 5.41 Å². The first kappa shape index (κ1) is 27.1. The highest BCUT2D eigenvalue weighted by molar-refractivity contribution is 5.90. The Morgan fingerprint density at radius 1 is 1.18 bits per heavy atom. The van der Waals surface area contributed by atoms with E-state index >= 15 is 0 Å². The van der Waals surface area contributed by atoms with Crippen LogP contribution in [-0.2, 0) is 16.0 Å². The topological polar surface area (TPSA) is 118 Å². The number of aryl methyl sites for hydroxylation is 1. The van der Waals surface area contributed by atoms with E-state index in [-0.39, 0.29) is 30.8 Å². The van der Waals surface area contributed by atoms with Gasteiger partial charge in [-0.05, 0) is 50.3 Å². The predicted octanol–water partition coefficient (Wildman–Crippen LogP) is 2.95. The summed E-state index contributed by atoms with van der Waals surface area (Å²) in [5.74, 6) is -0.0678. The minimum atomic E-state index is -0.763. The number of aliphatic hydroxyl groups is 1. The first-order chi connectivity index (χ1) is 18.5. The van der Waals surface area contributed by atoms with Crippen LogP contribution in [0.3, 0.4) is 0 Å². The minimum absolute atomic E-state index is 0.113. The molecule has 1 aliphatic heterocycles. The number of amides is 2. The third kappa shape index (κ3) is 5.90. The van der Waals surface area contributed by atoms with E-state index in [9.17, 15) is 14.7 Å². The summed E-state index contributed by atoms with van der Waals surface area (Å²) < 4.78 is 3.54. The van der Waals surface area contributed by atoms with Crippen molar-refractivity contribution in [1.82, 2.24) is 35.0 Å². The van der Waals surface area contributed by atoms with Crippen molar-refractivity contribution in [3.8, 4) is 5.69 Å². The molecule has 3 unspecified atom stereocenters. The van der Waals surface area contributed by atoms with E-state index in [4.69, 9.17) is 0 Å². The van der Waals surface area contributed by atoms with Gasteiger partial charge in [-0.15, -0.1) is 5.10 Å². The van der Waals surface area contributed by atoms with Gasteiger partial charge in [0.15, 0.2) is 0 Å². The number of nitrogens with zero attached hydrogens (tertiary/aromatic N) is 6. The highest BCUT2D eigenvalue weighted by atomic mass is 16.3. The van der Waals surface area contributed by atoms with Crippen LogP contribution in [0, 0.1) is 12.3 Å². The largest absolute Gasteiger partial charge is 0.391 e. The van der Waals surface area contributed by atoms with Crippen molar-refractivity contribution in [3.05, 3.63) is 59.7 Å². The number of nitrogens with one attached hydrogen (secondary N) is 1. The molecule has 1 saturated heterocycles. The zero-order valence-electron chi connectivity index (χ0n) is 23.4. The number of para-hydroxylation sites is 1. The number of rotatable bonds is 8. The molecule has 4 atom stereocenters. The predicted molar refractivity (Wildman–Crippen MR) is 146 cm³/mol. The number of aromatic nitrogens is 5. The second kappa shape index (κ2) is 10.6. The van der Waals surface area contributed by atoms with Gasteiger partial charge in [0, 0.05) is 43.2 Å². The van der Waals surface area contributed by atoms with Crippen LogP contribution in [0.25, 0.3) is 5.69 Å². The first-order valence-corrected chi connectivity index (χ1v) is 13.8. The number of carbonyl (C=O) groups is 2. The van der Waals surface area contributed by atoms with E-state index < -0.39 is 23.6 Å². The fourth-order valence-electron chi connectivity index (χ4n) is 5.52. The van der Waals surface area contributed by atoms with E-state index in [1.54, 1.807) is 4.68 Å². The average molecular weight is 534 g/mol. The molecule has 3 aromatic rings. The van der Waals surface area contributed by atoms with Crippen molar-refractivity contribution in [2.75, 3.05) is 6.54 Å². The molecule has 2 fully saturated rings. The van der Waals surface area contributed by atoms with E-state index in [2.05, 4.69) is 20.7 Å². The molecule has 10 nitrogen and oxygen atoms in total. The number of carbonyl (C=O) groups excluding carboxylic acids is 2. The first-order valence-electron chi connectivity index (χ1n) is 13.8. The third-order valence-corrected chi connectivity index (χ3v) is 7.52. The van der Waals surface area contributed by atoms with Gasteiger partial charge in [-0.2, -0.15) is 5.10 Å². The summed E-state index contributed by atoms with van der Waals surface area (Å²) in [6.07, 6.45) is 4.06. The van der Waals surface area contributed by atoms with Gasteiger partial charge in [0.05, 0.1) is 23.2 Å². The molecule has 39 heavy (non-hydrogen) atoms. The number of β-amino-alcohol motifs (C(OH)–C–C–N with tert-alkyl or cyclic N) is 1. The molecule has 1 aliphatic carbocycles. The maximum absolute atomic E-state index is 14.0. The molecule has 208 valence electrons. The van der Waals surface area contributed by atoms with Gasteiger partial charge < -0.3 is 15.3 Å². The summed E-state index contributed by atoms with van der Waals surface area (Å²) in [4.78, 5) is 29.0. The van der Waals surface area contributed by atoms with Crippen LogP contribution in [-0.4, -0.2) is 71.3 Å². The van der Waals surface area contributed by atoms with Crippen LogP contribution < -0.4 is 5.32 Å². The van der Waals surface area contributed by atoms with Gasteiger partial charge in [-0.3, -0.25) is 9.59 Å². The lowest BCUT2D eigenvalue weighted by Crippen LogP contribution is -2.52. The Hall–Kier alpha value is -3.53. The summed E-state index contributed by atoms with van der Waals surface area (Å²) >= 11 is 0. The lowest BCUT2D eigenvalue weighted by molar-refractivity contribution is -0.144. The molecule has 0 radical (unpaired) electrons. The Bertz CT molecular complexity index is 1320. The van der Waals surface area contributed by atoms with Crippen LogP contribution >= 0.6 is 0 Å². The Labute approximate surface area is 229 Å².